The molecule has 0 aliphatic rings. The Balaban J connectivity index is 2.16. The predicted octanol–water partition coefficient (Wildman–Crippen LogP) is 4.08. The number of para-hydroxylation sites is 1. The Hall–Kier alpha value is -2.56. The topological polar surface area (TPSA) is 30.2 Å². The zero-order chi connectivity index (χ0) is 14.3. The molecule has 2 aromatic carbocycles. The number of carbonyl (C=O) groups is 1. The van der Waals surface area contributed by atoms with Crippen LogP contribution in [-0.2, 0) is 0 Å². The van der Waals surface area contributed by atoms with Crippen LogP contribution in [0.1, 0.15) is 15.9 Å². The second kappa shape index (κ2) is 4.52. The minimum Gasteiger partial charge on any atom is -0.464 e. The molecule has 0 bridgehead atoms. The summed E-state index contributed by atoms with van der Waals surface area (Å²) < 4.78 is 44.9. The fourth-order valence-electron chi connectivity index (χ4n) is 2.00. The molecule has 1 heterocycles. The SMILES string of the molecule is O=C(c1ccc(F)c(F)c1F)c1coc2ccccc12. The van der Waals surface area contributed by atoms with Crippen LogP contribution in [0.2, 0.25) is 0 Å². The molecule has 0 aliphatic heterocycles. The number of halogens is 3. The Kier molecular flexibility index (Phi) is 2.82. The standard InChI is InChI=1S/C15H7F3O2/c16-11-6-5-9(13(17)14(11)18)15(19)10-7-20-12-4-2-1-3-8(10)12/h1-7H. The Labute approximate surface area is 111 Å². The molecule has 20 heavy (non-hydrogen) atoms. The zero-order valence-corrected chi connectivity index (χ0v) is 9.99. The smallest absolute Gasteiger partial charge is 0.199 e. The molecule has 0 saturated heterocycles. The van der Waals surface area contributed by atoms with Gasteiger partial charge in [0.15, 0.2) is 23.2 Å². The van der Waals surface area contributed by atoms with Gasteiger partial charge in [0.25, 0.3) is 0 Å². The van der Waals surface area contributed by atoms with Crippen molar-refractivity contribution in [1.82, 2.24) is 0 Å². The van der Waals surface area contributed by atoms with Crippen LogP contribution in [0.25, 0.3) is 11.0 Å². The van der Waals surface area contributed by atoms with Gasteiger partial charge < -0.3 is 4.42 Å². The third-order valence-electron chi connectivity index (χ3n) is 3.01. The van der Waals surface area contributed by atoms with Crippen molar-refractivity contribution in [3.05, 3.63) is 71.2 Å². The fraction of sp³-hybridized carbons (Fsp3) is 0. The van der Waals surface area contributed by atoms with Crippen molar-refractivity contribution in [1.29, 1.82) is 0 Å². The van der Waals surface area contributed by atoms with E-state index >= 15 is 0 Å². The normalized spacial score (nSPS) is 10.9. The first-order chi connectivity index (χ1) is 9.59. The summed E-state index contributed by atoms with van der Waals surface area (Å²) in [4.78, 5) is 12.2. The van der Waals surface area contributed by atoms with Crippen molar-refractivity contribution < 1.29 is 22.4 Å². The van der Waals surface area contributed by atoms with E-state index in [9.17, 15) is 18.0 Å². The average Bonchev–Trinajstić information content (AvgIpc) is 2.88. The molecule has 3 aromatic rings. The highest BCUT2D eigenvalue weighted by molar-refractivity contribution is 6.15. The molecule has 0 N–H and O–H groups in total. The molecule has 5 heteroatoms. The number of benzene rings is 2. The summed E-state index contributed by atoms with van der Waals surface area (Å²) >= 11 is 0. The van der Waals surface area contributed by atoms with Crippen LogP contribution in [0, 0.1) is 17.5 Å². The monoisotopic (exact) mass is 276 g/mol. The number of carbonyl (C=O) groups excluding carboxylic acids is 1. The van der Waals surface area contributed by atoms with Gasteiger partial charge in [-0.15, -0.1) is 0 Å². The Morgan fingerprint density at radius 3 is 2.45 bits per heavy atom. The van der Waals surface area contributed by atoms with E-state index in [2.05, 4.69) is 0 Å². The summed E-state index contributed by atoms with van der Waals surface area (Å²) in [6, 6.07) is 8.32. The van der Waals surface area contributed by atoms with E-state index in [0.717, 1.165) is 6.07 Å². The first-order valence-corrected chi connectivity index (χ1v) is 5.74. The summed E-state index contributed by atoms with van der Waals surface area (Å²) in [7, 11) is 0. The molecule has 0 radical (unpaired) electrons. The van der Waals surface area contributed by atoms with E-state index in [0.29, 0.717) is 17.0 Å². The summed E-state index contributed by atoms with van der Waals surface area (Å²) in [6.45, 7) is 0. The summed E-state index contributed by atoms with van der Waals surface area (Å²) in [6.07, 6.45) is 1.17. The molecule has 100 valence electrons. The molecule has 0 aliphatic carbocycles. The summed E-state index contributed by atoms with van der Waals surface area (Å²) in [5.74, 6) is -5.26. The number of hydrogen-bond donors (Lipinski definition) is 0. The van der Waals surface area contributed by atoms with Crippen molar-refractivity contribution in [2.45, 2.75) is 0 Å². The van der Waals surface area contributed by atoms with Crippen molar-refractivity contribution >= 4 is 16.8 Å². The lowest BCUT2D eigenvalue weighted by Gasteiger charge is -2.02. The van der Waals surface area contributed by atoms with Crippen molar-refractivity contribution in [3.8, 4) is 0 Å². The molecule has 0 unspecified atom stereocenters. The van der Waals surface area contributed by atoms with E-state index < -0.39 is 28.8 Å². The van der Waals surface area contributed by atoms with Crippen molar-refractivity contribution in [2.75, 3.05) is 0 Å². The van der Waals surface area contributed by atoms with E-state index in [4.69, 9.17) is 4.42 Å². The Morgan fingerprint density at radius 1 is 0.900 bits per heavy atom. The Bertz CT molecular complexity index is 821. The van der Waals surface area contributed by atoms with Crippen LogP contribution in [0.3, 0.4) is 0 Å². The number of rotatable bonds is 2. The highest BCUT2D eigenvalue weighted by Crippen LogP contribution is 2.25. The maximum absolute atomic E-state index is 13.6. The van der Waals surface area contributed by atoms with Crippen LogP contribution >= 0.6 is 0 Å². The first-order valence-electron chi connectivity index (χ1n) is 5.74. The third kappa shape index (κ3) is 1.79. The van der Waals surface area contributed by atoms with Gasteiger partial charge in [0.2, 0.25) is 0 Å². The van der Waals surface area contributed by atoms with Crippen LogP contribution in [0.4, 0.5) is 13.2 Å². The van der Waals surface area contributed by atoms with Gasteiger partial charge in [-0.25, -0.2) is 13.2 Å². The number of ketones is 1. The summed E-state index contributed by atoms with van der Waals surface area (Å²) in [5, 5.41) is 0.488. The lowest BCUT2D eigenvalue weighted by molar-refractivity contribution is 0.103. The molecular weight excluding hydrogens is 269 g/mol. The highest BCUT2D eigenvalue weighted by atomic mass is 19.2. The molecule has 3 rings (SSSR count). The number of furan rings is 1. The number of fused-ring (bicyclic) bond motifs is 1. The molecule has 0 amide bonds. The quantitative estimate of drug-likeness (QED) is 0.521. The minimum absolute atomic E-state index is 0.102. The van der Waals surface area contributed by atoms with Crippen LogP contribution < -0.4 is 0 Å². The van der Waals surface area contributed by atoms with Gasteiger partial charge >= 0.3 is 0 Å². The molecule has 2 nitrogen and oxygen atoms in total. The van der Waals surface area contributed by atoms with Gasteiger partial charge in [0.05, 0.1) is 11.1 Å². The van der Waals surface area contributed by atoms with E-state index in [1.807, 2.05) is 0 Å². The largest absolute Gasteiger partial charge is 0.464 e. The van der Waals surface area contributed by atoms with Gasteiger partial charge in [-0.1, -0.05) is 18.2 Å². The van der Waals surface area contributed by atoms with Gasteiger partial charge in [-0.05, 0) is 18.2 Å². The fourth-order valence-corrected chi connectivity index (χ4v) is 2.00. The van der Waals surface area contributed by atoms with Crippen molar-refractivity contribution in [3.63, 3.8) is 0 Å². The highest BCUT2D eigenvalue weighted by Gasteiger charge is 2.22. The molecular formula is C15H7F3O2. The molecule has 1 aromatic heterocycles. The van der Waals surface area contributed by atoms with E-state index in [1.165, 1.54) is 6.26 Å². The average molecular weight is 276 g/mol. The molecule has 0 saturated carbocycles. The predicted molar refractivity (Wildman–Crippen MR) is 66.0 cm³/mol. The van der Waals surface area contributed by atoms with Crippen LogP contribution in [0.5, 0.6) is 0 Å². The first kappa shape index (κ1) is 12.5. The lowest BCUT2D eigenvalue weighted by Crippen LogP contribution is -2.06. The molecule has 0 atom stereocenters. The Morgan fingerprint density at radius 2 is 1.65 bits per heavy atom. The molecule has 0 fully saturated rings. The van der Waals surface area contributed by atoms with Crippen molar-refractivity contribution in [2.24, 2.45) is 0 Å². The van der Waals surface area contributed by atoms with E-state index in [1.54, 1.807) is 24.3 Å². The zero-order valence-electron chi connectivity index (χ0n) is 9.99. The van der Waals surface area contributed by atoms with E-state index in [-0.39, 0.29) is 5.56 Å². The van der Waals surface area contributed by atoms with Gasteiger partial charge in [0, 0.05) is 5.39 Å². The number of hydrogen-bond acceptors (Lipinski definition) is 2. The second-order valence-corrected chi connectivity index (χ2v) is 4.20. The van der Waals surface area contributed by atoms with Gasteiger partial charge in [-0.2, -0.15) is 0 Å². The van der Waals surface area contributed by atoms with Gasteiger partial charge in [0.1, 0.15) is 11.8 Å². The van der Waals surface area contributed by atoms with Gasteiger partial charge in [-0.3, -0.25) is 4.79 Å². The summed E-state index contributed by atoms with van der Waals surface area (Å²) in [5.41, 5.74) is 0.0276. The second-order valence-electron chi connectivity index (χ2n) is 4.20. The van der Waals surface area contributed by atoms with Crippen LogP contribution in [0.15, 0.2) is 47.1 Å². The minimum atomic E-state index is -1.66. The third-order valence-corrected chi connectivity index (χ3v) is 3.01. The maximum Gasteiger partial charge on any atom is 0.199 e. The maximum atomic E-state index is 13.6. The van der Waals surface area contributed by atoms with Crippen LogP contribution in [-0.4, -0.2) is 5.78 Å². The molecule has 0 spiro atoms. The lowest BCUT2D eigenvalue weighted by atomic mass is 10.0.